The lowest BCUT2D eigenvalue weighted by molar-refractivity contribution is 0.620. The van der Waals surface area contributed by atoms with E-state index in [1.54, 1.807) is 0 Å². The minimum atomic E-state index is 0.567. The summed E-state index contributed by atoms with van der Waals surface area (Å²) in [5.74, 6) is 4.16. The van der Waals surface area contributed by atoms with Crippen molar-refractivity contribution >= 4 is 54.7 Å². The Kier molecular flexibility index (Phi) is 11.3. The number of rotatable bonds is 10. The first kappa shape index (κ1) is 47.5. The Morgan fingerprint density at radius 1 is 0.253 bits per heavy atom. The molecule has 11 aromatic carbocycles. The second-order valence-electron chi connectivity index (χ2n) is 20.5. The third-order valence-electron chi connectivity index (χ3n) is 15.4. The lowest BCUT2D eigenvalue weighted by Crippen LogP contribution is -2.01. The molecule has 0 aliphatic rings. The summed E-state index contributed by atoms with van der Waals surface area (Å²) < 4.78 is 11.3. The minimum Gasteiger partial charge on any atom is -0.436 e. The lowest BCUT2D eigenvalue weighted by Gasteiger charge is -2.14. The smallest absolute Gasteiger partial charge is 0.227 e. The molecule has 16 aromatic rings. The summed E-state index contributed by atoms with van der Waals surface area (Å²) in [6.07, 6.45) is 0. The second-order valence-corrected chi connectivity index (χ2v) is 20.5. The summed E-state index contributed by atoms with van der Waals surface area (Å²) in [6.45, 7) is 0. The van der Waals surface area contributed by atoms with Crippen LogP contribution in [0, 0.1) is 0 Å². The second kappa shape index (κ2) is 19.7. The summed E-state index contributed by atoms with van der Waals surface area (Å²) in [5, 5.41) is 4.37. The fourth-order valence-corrected chi connectivity index (χ4v) is 11.6. The number of para-hydroxylation sites is 2. The highest BCUT2D eigenvalue weighted by Crippen LogP contribution is 2.43. The van der Waals surface area contributed by atoms with Gasteiger partial charge in [0.2, 0.25) is 5.89 Å². The van der Waals surface area contributed by atoms with Crippen LogP contribution in [0.2, 0.25) is 0 Å². The first-order chi connectivity index (χ1) is 41.1. The van der Waals surface area contributed by atoms with Gasteiger partial charge in [-0.25, -0.2) is 34.9 Å². The normalized spacial score (nSPS) is 11.6. The molecule has 83 heavy (non-hydrogen) atoms. The highest BCUT2D eigenvalue weighted by molar-refractivity contribution is 6.17. The summed E-state index contributed by atoms with van der Waals surface area (Å²) in [6, 6.07) is 93.8. The summed E-state index contributed by atoms with van der Waals surface area (Å²) >= 11 is 0. The van der Waals surface area contributed by atoms with Gasteiger partial charge < -0.3 is 13.6 Å². The van der Waals surface area contributed by atoms with E-state index >= 15 is 0 Å². The van der Waals surface area contributed by atoms with Crippen molar-refractivity contribution in [3.05, 3.63) is 273 Å². The van der Waals surface area contributed by atoms with Crippen LogP contribution < -0.4 is 0 Å². The first-order valence-electron chi connectivity index (χ1n) is 27.5. The van der Waals surface area contributed by atoms with Crippen molar-refractivity contribution in [1.29, 1.82) is 0 Å². The van der Waals surface area contributed by atoms with Crippen LogP contribution >= 0.6 is 0 Å². The van der Waals surface area contributed by atoms with Gasteiger partial charge in [0.25, 0.3) is 0 Å². The van der Waals surface area contributed by atoms with Crippen LogP contribution in [-0.2, 0) is 0 Å². The van der Waals surface area contributed by atoms with Gasteiger partial charge in [-0.2, -0.15) is 0 Å². The Bertz CT molecular complexity index is 5020. The van der Waals surface area contributed by atoms with Crippen LogP contribution in [0.5, 0.6) is 0 Å². The summed E-state index contributed by atoms with van der Waals surface area (Å²) in [5.41, 5.74) is 16.0. The minimum absolute atomic E-state index is 0.567. The fourth-order valence-electron chi connectivity index (χ4n) is 11.6. The van der Waals surface area contributed by atoms with Crippen LogP contribution in [0.3, 0.4) is 0 Å². The number of hydrogen-bond acceptors (Lipinski definition) is 8. The molecule has 0 N–H and O–H groups in total. The molecular weight excluding hydrogens is 1020 g/mol. The van der Waals surface area contributed by atoms with E-state index in [9.17, 15) is 0 Å². The molecule has 388 valence electrons. The quantitative estimate of drug-likeness (QED) is 0.133. The van der Waals surface area contributed by atoms with E-state index in [-0.39, 0.29) is 0 Å². The van der Waals surface area contributed by atoms with Gasteiger partial charge in [-0.15, -0.1) is 0 Å². The highest BCUT2D eigenvalue weighted by atomic mass is 16.3. The van der Waals surface area contributed by atoms with Crippen LogP contribution in [0.25, 0.3) is 157 Å². The maximum absolute atomic E-state index is 6.61. The predicted molar refractivity (Wildman–Crippen MR) is 333 cm³/mol. The predicted octanol–water partition coefficient (Wildman–Crippen LogP) is 17.7. The Morgan fingerprint density at radius 2 is 0.675 bits per heavy atom. The van der Waals surface area contributed by atoms with Crippen molar-refractivity contribution in [2.75, 3.05) is 0 Å². The lowest BCUT2D eigenvalue weighted by atomic mass is 9.99. The molecule has 0 saturated heterocycles. The van der Waals surface area contributed by atoms with E-state index in [0.29, 0.717) is 46.4 Å². The van der Waals surface area contributed by atoms with E-state index < -0.39 is 0 Å². The molecule has 0 saturated carbocycles. The van der Waals surface area contributed by atoms with Gasteiger partial charge in [0.1, 0.15) is 5.52 Å². The Labute approximate surface area is 476 Å². The van der Waals surface area contributed by atoms with Crippen molar-refractivity contribution in [2.45, 2.75) is 0 Å². The van der Waals surface area contributed by atoms with Gasteiger partial charge in [-0.05, 0) is 72.3 Å². The summed E-state index contributed by atoms with van der Waals surface area (Å²) in [7, 11) is 0. The molecule has 0 aliphatic heterocycles. The largest absolute Gasteiger partial charge is 0.436 e. The van der Waals surface area contributed by atoms with Crippen molar-refractivity contribution < 1.29 is 4.42 Å². The Balaban J connectivity index is 0.882. The number of fused-ring (bicyclic) bond motifs is 7. The van der Waals surface area contributed by atoms with E-state index in [1.165, 1.54) is 0 Å². The van der Waals surface area contributed by atoms with Crippen LogP contribution in [0.15, 0.2) is 277 Å². The average Bonchev–Trinajstić information content (AvgIpc) is 2.76. The molecule has 10 nitrogen and oxygen atoms in total. The molecule has 0 aliphatic carbocycles. The number of benzene rings is 11. The van der Waals surface area contributed by atoms with Crippen molar-refractivity contribution in [3.63, 3.8) is 0 Å². The van der Waals surface area contributed by atoms with Gasteiger partial charge in [0.05, 0.1) is 22.1 Å². The molecular formula is C73H45N9O. The van der Waals surface area contributed by atoms with Crippen molar-refractivity contribution in [1.82, 2.24) is 44.0 Å². The maximum atomic E-state index is 6.61. The molecule has 16 rings (SSSR count). The van der Waals surface area contributed by atoms with Gasteiger partial charge in [-0.1, -0.05) is 206 Å². The molecule has 0 fully saturated rings. The third kappa shape index (κ3) is 8.40. The molecule has 0 radical (unpaired) electrons. The zero-order valence-electron chi connectivity index (χ0n) is 44.4. The zero-order valence-corrected chi connectivity index (χ0v) is 44.4. The molecule has 0 unspecified atom stereocenters. The SMILES string of the molecule is c1ccc(-c2nc(-c3ccccc3)nc(-c3cccc(-n4c5ccc(-c6cccc7c8ccccc8n(-c8cccc(-c9nc(-c%10ccccc%10)nc(-c%10ccccc%10)n9)c8)c67)cc5c5cc6oc(-c7ccccc7)nc6cc54)c3)n2)cc1. The molecule has 0 atom stereocenters. The van der Waals surface area contributed by atoms with Gasteiger partial charge in [-0.3, -0.25) is 0 Å². The van der Waals surface area contributed by atoms with Gasteiger partial charge in [0, 0.05) is 77.4 Å². The van der Waals surface area contributed by atoms with Crippen molar-refractivity contribution in [3.8, 4) is 102 Å². The summed E-state index contributed by atoms with van der Waals surface area (Å²) in [4.78, 5) is 35.5. The molecule has 10 heteroatoms. The monoisotopic (exact) mass is 1060 g/mol. The number of aromatic nitrogens is 9. The van der Waals surface area contributed by atoms with E-state index in [0.717, 1.165) is 111 Å². The fraction of sp³-hybridized carbons (Fsp3) is 0. The third-order valence-corrected chi connectivity index (χ3v) is 15.4. The van der Waals surface area contributed by atoms with E-state index in [1.807, 2.05) is 152 Å². The van der Waals surface area contributed by atoms with Crippen molar-refractivity contribution in [2.24, 2.45) is 0 Å². The first-order valence-corrected chi connectivity index (χ1v) is 27.5. The van der Waals surface area contributed by atoms with Gasteiger partial charge in [0.15, 0.2) is 40.5 Å². The number of oxazole rings is 1. The zero-order chi connectivity index (χ0) is 54.8. The van der Waals surface area contributed by atoms with Crippen LogP contribution in [0.1, 0.15) is 0 Å². The highest BCUT2D eigenvalue weighted by Gasteiger charge is 2.23. The van der Waals surface area contributed by atoms with Gasteiger partial charge >= 0.3 is 0 Å². The van der Waals surface area contributed by atoms with E-state index in [4.69, 9.17) is 39.3 Å². The standard InChI is InChI=1S/C73H45N9O/c1-6-21-46(22-7-1)67-75-68(47-23-8-2-9-24-47)78-71(77-67)52-31-18-33-54(41-52)81-63-40-39-51(43-59(63)60-44-65-61(45-64(60)81)74-73(83-65)50-29-14-5-15-30-50)56-36-20-37-58-57-35-16-17-38-62(57)82(66(56)58)55-34-19-32-53(42-55)72-79-69(48-25-10-3-11-26-48)76-70(80-72)49-27-12-4-13-28-49/h1-45H. The molecule has 0 bridgehead atoms. The van der Waals surface area contributed by atoms with Crippen LogP contribution in [0.4, 0.5) is 0 Å². The molecule has 0 amide bonds. The molecule has 5 aromatic heterocycles. The van der Waals surface area contributed by atoms with Crippen LogP contribution in [-0.4, -0.2) is 44.0 Å². The Hall–Kier alpha value is -11.5. The number of nitrogens with zero attached hydrogens (tertiary/aromatic N) is 9. The van der Waals surface area contributed by atoms with E-state index in [2.05, 4.69) is 130 Å². The molecule has 0 spiro atoms. The molecule has 5 heterocycles. The Morgan fingerprint density at radius 3 is 1.22 bits per heavy atom. The number of hydrogen-bond donors (Lipinski definition) is 0. The average molecular weight is 1060 g/mol. The maximum Gasteiger partial charge on any atom is 0.227 e. The topological polar surface area (TPSA) is 113 Å².